The minimum Gasteiger partial charge on any atom is -0.484 e. The van der Waals surface area contributed by atoms with E-state index in [0.717, 1.165) is 3.57 Å². The first-order valence-electron chi connectivity index (χ1n) is 9.52. The van der Waals surface area contributed by atoms with E-state index in [1.807, 2.05) is 30.3 Å². The Bertz CT molecular complexity index is 1250. The van der Waals surface area contributed by atoms with Gasteiger partial charge in [-0.05, 0) is 70.6 Å². The molecule has 0 unspecified atom stereocenters. The van der Waals surface area contributed by atoms with E-state index in [2.05, 4.69) is 33.2 Å². The number of amides is 2. The standard InChI is InChI=1S/C24H16Cl2IN3O3/c25-18-4-3-7-21(23(18)26)30-24(32)16(13-28)12-15-8-10-17(11-9-15)33-14-22(31)29-20-6-2-1-5-19(20)27/h1-12H,14H2,(H,29,31)(H,30,32)/b16-12+. The number of nitrogens with one attached hydrogen (secondary N) is 2. The summed E-state index contributed by atoms with van der Waals surface area (Å²) in [7, 11) is 0. The molecule has 0 radical (unpaired) electrons. The number of hydrogen-bond acceptors (Lipinski definition) is 4. The van der Waals surface area contributed by atoms with Crippen LogP contribution in [0.5, 0.6) is 5.75 Å². The van der Waals surface area contributed by atoms with Crippen molar-refractivity contribution in [2.24, 2.45) is 0 Å². The van der Waals surface area contributed by atoms with Crippen LogP contribution in [0.15, 0.2) is 72.3 Å². The summed E-state index contributed by atoms with van der Waals surface area (Å²) in [6, 6.07) is 20.7. The number of rotatable bonds is 7. The smallest absolute Gasteiger partial charge is 0.266 e. The SMILES string of the molecule is N#C/C(=C\c1ccc(OCC(=O)Nc2ccccc2I)cc1)C(=O)Nc1cccc(Cl)c1Cl. The van der Waals surface area contributed by atoms with E-state index < -0.39 is 5.91 Å². The van der Waals surface area contributed by atoms with Gasteiger partial charge in [-0.3, -0.25) is 9.59 Å². The second kappa shape index (κ2) is 11.7. The molecule has 0 aliphatic heterocycles. The fourth-order valence-electron chi connectivity index (χ4n) is 2.66. The number of benzene rings is 3. The van der Waals surface area contributed by atoms with Gasteiger partial charge in [-0.15, -0.1) is 0 Å². The number of carbonyl (C=O) groups excluding carboxylic acids is 2. The van der Waals surface area contributed by atoms with E-state index in [0.29, 0.717) is 27.7 Å². The molecule has 0 spiro atoms. The minimum atomic E-state index is -0.616. The third-order valence-corrected chi connectivity index (χ3v) is 6.03. The number of nitriles is 1. The van der Waals surface area contributed by atoms with Crippen LogP contribution in [-0.2, 0) is 9.59 Å². The summed E-state index contributed by atoms with van der Waals surface area (Å²) in [5.74, 6) is -0.431. The number of ether oxygens (including phenoxy) is 1. The van der Waals surface area contributed by atoms with Crippen LogP contribution in [0.4, 0.5) is 11.4 Å². The van der Waals surface area contributed by atoms with Gasteiger partial charge in [0.05, 0.1) is 21.4 Å². The van der Waals surface area contributed by atoms with Gasteiger partial charge in [0.25, 0.3) is 11.8 Å². The van der Waals surface area contributed by atoms with Crippen LogP contribution in [0, 0.1) is 14.9 Å². The lowest BCUT2D eigenvalue weighted by atomic mass is 10.1. The van der Waals surface area contributed by atoms with Crippen LogP contribution in [0.3, 0.4) is 0 Å². The van der Waals surface area contributed by atoms with E-state index >= 15 is 0 Å². The number of nitrogens with zero attached hydrogens (tertiary/aromatic N) is 1. The Labute approximate surface area is 214 Å². The maximum Gasteiger partial charge on any atom is 0.266 e. The van der Waals surface area contributed by atoms with Gasteiger partial charge in [-0.25, -0.2) is 0 Å². The Morgan fingerprint density at radius 1 is 0.970 bits per heavy atom. The van der Waals surface area contributed by atoms with Crippen molar-refractivity contribution >= 4 is 75.1 Å². The Balaban J connectivity index is 1.60. The third-order valence-electron chi connectivity index (χ3n) is 4.27. The first-order valence-corrected chi connectivity index (χ1v) is 11.3. The maximum absolute atomic E-state index is 12.5. The average molecular weight is 592 g/mol. The van der Waals surface area contributed by atoms with Gasteiger partial charge >= 0.3 is 0 Å². The molecular weight excluding hydrogens is 576 g/mol. The second-order valence-electron chi connectivity index (χ2n) is 6.61. The average Bonchev–Trinajstić information content (AvgIpc) is 2.81. The molecule has 0 fully saturated rings. The zero-order valence-electron chi connectivity index (χ0n) is 16.9. The summed E-state index contributed by atoms with van der Waals surface area (Å²) in [5, 5.41) is 15.2. The molecule has 3 aromatic carbocycles. The molecule has 166 valence electrons. The predicted molar refractivity (Wildman–Crippen MR) is 138 cm³/mol. The lowest BCUT2D eigenvalue weighted by molar-refractivity contribution is -0.118. The zero-order valence-corrected chi connectivity index (χ0v) is 20.6. The monoisotopic (exact) mass is 591 g/mol. The molecular formula is C24H16Cl2IN3O3. The van der Waals surface area contributed by atoms with Gasteiger partial charge in [0, 0.05) is 3.57 Å². The highest BCUT2D eigenvalue weighted by Gasteiger charge is 2.13. The molecule has 0 atom stereocenters. The van der Waals surface area contributed by atoms with E-state index in [4.69, 9.17) is 27.9 Å². The van der Waals surface area contributed by atoms with Crippen LogP contribution in [0.2, 0.25) is 10.0 Å². The summed E-state index contributed by atoms with van der Waals surface area (Å²) in [6.07, 6.45) is 1.43. The molecule has 6 nitrogen and oxygen atoms in total. The fourth-order valence-corrected chi connectivity index (χ4v) is 3.53. The highest BCUT2D eigenvalue weighted by molar-refractivity contribution is 14.1. The van der Waals surface area contributed by atoms with Crippen molar-refractivity contribution in [1.29, 1.82) is 5.26 Å². The normalized spacial score (nSPS) is 10.8. The van der Waals surface area contributed by atoms with E-state index in [9.17, 15) is 14.9 Å². The lowest BCUT2D eigenvalue weighted by Gasteiger charge is -2.09. The molecule has 3 rings (SSSR count). The van der Waals surface area contributed by atoms with Crippen molar-refractivity contribution in [1.82, 2.24) is 0 Å². The van der Waals surface area contributed by atoms with Crippen LogP contribution < -0.4 is 15.4 Å². The number of para-hydroxylation sites is 1. The lowest BCUT2D eigenvalue weighted by Crippen LogP contribution is -2.20. The Hall–Kier alpha value is -3.06. The fraction of sp³-hybridized carbons (Fsp3) is 0.0417. The van der Waals surface area contributed by atoms with Crippen molar-refractivity contribution in [2.45, 2.75) is 0 Å². The highest BCUT2D eigenvalue weighted by atomic mass is 127. The summed E-state index contributed by atoms with van der Waals surface area (Å²) >= 11 is 14.2. The molecule has 0 heterocycles. The van der Waals surface area contributed by atoms with Crippen molar-refractivity contribution in [2.75, 3.05) is 17.2 Å². The molecule has 0 bridgehead atoms. The van der Waals surface area contributed by atoms with Gasteiger partial charge in [0.15, 0.2) is 6.61 Å². The number of halogens is 3. The van der Waals surface area contributed by atoms with E-state index in [1.165, 1.54) is 6.08 Å². The highest BCUT2D eigenvalue weighted by Crippen LogP contribution is 2.30. The summed E-state index contributed by atoms with van der Waals surface area (Å²) in [6.45, 7) is -0.160. The second-order valence-corrected chi connectivity index (χ2v) is 8.56. The molecule has 3 aromatic rings. The van der Waals surface area contributed by atoms with Crippen LogP contribution >= 0.6 is 45.8 Å². The molecule has 0 aliphatic carbocycles. The van der Waals surface area contributed by atoms with Crippen molar-refractivity contribution in [3.63, 3.8) is 0 Å². The molecule has 2 amide bonds. The first kappa shape index (κ1) is 24.6. The summed E-state index contributed by atoms with van der Waals surface area (Å²) in [4.78, 5) is 24.6. The quantitative estimate of drug-likeness (QED) is 0.195. The maximum atomic E-state index is 12.5. The number of hydrogen-bond donors (Lipinski definition) is 2. The van der Waals surface area contributed by atoms with Crippen LogP contribution in [0.25, 0.3) is 6.08 Å². The summed E-state index contributed by atoms with van der Waals surface area (Å²) < 4.78 is 6.44. The Kier molecular flexibility index (Phi) is 8.72. The Morgan fingerprint density at radius 3 is 2.36 bits per heavy atom. The van der Waals surface area contributed by atoms with E-state index in [1.54, 1.807) is 42.5 Å². The molecule has 0 saturated carbocycles. The number of carbonyl (C=O) groups is 2. The van der Waals surface area contributed by atoms with Gasteiger partial charge in [0.1, 0.15) is 17.4 Å². The molecule has 33 heavy (non-hydrogen) atoms. The van der Waals surface area contributed by atoms with Crippen molar-refractivity contribution < 1.29 is 14.3 Å². The van der Waals surface area contributed by atoms with E-state index in [-0.39, 0.29) is 23.1 Å². The van der Waals surface area contributed by atoms with Gasteiger partial charge < -0.3 is 15.4 Å². The first-order chi connectivity index (χ1) is 15.9. The third kappa shape index (κ3) is 6.96. The minimum absolute atomic E-state index is 0.114. The van der Waals surface area contributed by atoms with Crippen LogP contribution in [-0.4, -0.2) is 18.4 Å². The number of anilines is 2. The molecule has 0 aromatic heterocycles. The van der Waals surface area contributed by atoms with Crippen LogP contribution in [0.1, 0.15) is 5.56 Å². The molecule has 9 heteroatoms. The molecule has 0 saturated heterocycles. The van der Waals surface area contributed by atoms with Gasteiger partial charge in [-0.1, -0.05) is 53.5 Å². The molecule has 2 N–H and O–H groups in total. The zero-order chi connectivity index (χ0) is 23.8. The van der Waals surface area contributed by atoms with Gasteiger partial charge in [0.2, 0.25) is 0 Å². The van der Waals surface area contributed by atoms with Crippen molar-refractivity contribution in [3.8, 4) is 11.8 Å². The van der Waals surface area contributed by atoms with Crippen molar-refractivity contribution in [3.05, 3.63) is 91.5 Å². The summed E-state index contributed by atoms with van der Waals surface area (Å²) in [5.41, 5.74) is 1.52. The molecule has 0 aliphatic rings. The largest absolute Gasteiger partial charge is 0.484 e. The predicted octanol–water partition coefficient (Wildman–Crippen LogP) is 6.16. The van der Waals surface area contributed by atoms with Gasteiger partial charge in [-0.2, -0.15) is 5.26 Å². The topological polar surface area (TPSA) is 91.2 Å². The Morgan fingerprint density at radius 2 is 1.67 bits per heavy atom.